The summed E-state index contributed by atoms with van der Waals surface area (Å²) in [6.45, 7) is 14.3. The molecule has 0 spiro atoms. The number of hydrogen-bond acceptors (Lipinski definition) is 4. The molecule has 4 heteroatoms. The molecule has 0 aliphatic heterocycles. The molecule has 0 bridgehead atoms. The van der Waals surface area contributed by atoms with Crippen LogP contribution >= 0.6 is 0 Å². The summed E-state index contributed by atoms with van der Waals surface area (Å²) in [4.78, 5) is 0. The Morgan fingerprint density at radius 2 is 1.50 bits per heavy atom. The van der Waals surface area contributed by atoms with E-state index in [-0.39, 0.29) is 40.8 Å². The van der Waals surface area contributed by atoms with Crippen LogP contribution < -0.4 is 0 Å². The molecule has 34 heavy (non-hydrogen) atoms. The Kier molecular flexibility index (Phi) is 5.61. The maximum atomic E-state index is 11.7. The lowest BCUT2D eigenvalue weighted by molar-refractivity contribution is -0.227. The van der Waals surface area contributed by atoms with Crippen LogP contribution in [0.4, 0.5) is 0 Å². The van der Waals surface area contributed by atoms with Crippen LogP contribution in [-0.2, 0) is 0 Å². The fraction of sp³-hybridized carbons (Fsp3) is 0.933. The minimum atomic E-state index is -0.474. The van der Waals surface area contributed by atoms with Gasteiger partial charge in [-0.2, -0.15) is 0 Å². The fourth-order valence-corrected chi connectivity index (χ4v) is 10.7. The van der Waals surface area contributed by atoms with Gasteiger partial charge >= 0.3 is 0 Å². The average molecular weight is 475 g/mol. The highest BCUT2D eigenvalue weighted by Gasteiger charge is 2.70. The summed E-state index contributed by atoms with van der Waals surface area (Å²) in [6.07, 6.45) is 10.3. The summed E-state index contributed by atoms with van der Waals surface area (Å²) in [7, 11) is 0. The van der Waals surface area contributed by atoms with Crippen molar-refractivity contribution < 1.29 is 20.4 Å². The Balaban J connectivity index is 1.61. The van der Waals surface area contributed by atoms with Crippen molar-refractivity contribution in [1.82, 2.24) is 0 Å². The predicted octanol–water partition coefficient (Wildman–Crippen LogP) is 5.08. The van der Waals surface area contributed by atoms with Crippen LogP contribution in [0.25, 0.3) is 0 Å². The summed E-state index contributed by atoms with van der Waals surface area (Å²) < 4.78 is 0. The molecular formula is C30H50O4. The van der Waals surface area contributed by atoms with Crippen LogP contribution in [-0.4, -0.2) is 45.8 Å². The third-order valence-corrected chi connectivity index (χ3v) is 13.3. The average Bonchev–Trinajstić information content (AvgIpc) is 2.77. The van der Waals surface area contributed by atoms with E-state index in [0.29, 0.717) is 11.8 Å². The van der Waals surface area contributed by atoms with Crippen LogP contribution in [0.1, 0.15) is 99.3 Å². The summed E-state index contributed by atoms with van der Waals surface area (Å²) in [6, 6.07) is 0. The largest absolute Gasteiger partial charge is 0.396 e. The minimum absolute atomic E-state index is 0.0467. The van der Waals surface area contributed by atoms with Crippen molar-refractivity contribution in [1.29, 1.82) is 0 Å². The molecular weight excluding hydrogens is 424 g/mol. The topological polar surface area (TPSA) is 80.9 Å². The molecule has 5 rings (SSSR count). The molecule has 4 fully saturated rings. The number of fused-ring (bicyclic) bond motifs is 7. The van der Waals surface area contributed by atoms with Crippen LogP contribution in [0.3, 0.4) is 0 Å². The van der Waals surface area contributed by atoms with Crippen LogP contribution in [0.5, 0.6) is 0 Å². The number of allylic oxidation sites excluding steroid dienone is 2. The molecule has 5 aliphatic rings. The van der Waals surface area contributed by atoms with Gasteiger partial charge in [0.1, 0.15) is 0 Å². The van der Waals surface area contributed by atoms with Gasteiger partial charge in [-0.25, -0.2) is 0 Å². The molecule has 0 heterocycles. The molecule has 0 saturated heterocycles. The number of hydrogen-bond donors (Lipinski definition) is 4. The zero-order chi connectivity index (χ0) is 24.9. The van der Waals surface area contributed by atoms with E-state index < -0.39 is 23.0 Å². The van der Waals surface area contributed by atoms with Gasteiger partial charge in [-0.05, 0) is 97.2 Å². The second-order valence-corrected chi connectivity index (χ2v) is 15.0. The van der Waals surface area contributed by atoms with Gasteiger partial charge < -0.3 is 20.4 Å². The van der Waals surface area contributed by atoms with Crippen molar-refractivity contribution in [2.45, 2.75) is 112 Å². The Bertz CT molecular complexity index is 866. The molecule has 10 unspecified atom stereocenters. The quantitative estimate of drug-likeness (QED) is 0.421. The number of aliphatic hydroxyl groups excluding tert-OH is 4. The first kappa shape index (κ1) is 25.2. The Morgan fingerprint density at radius 1 is 0.794 bits per heavy atom. The SMILES string of the molecule is CC1(C)CCC2(CO)C(O)CC3(C)C(=CCC4C5(C)CCC(O)C(C)(CO)C5CCC43C)C2C1. The molecule has 5 aliphatic carbocycles. The molecule has 0 radical (unpaired) electrons. The van der Waals surface area contributed by atoms with Crippen molar-refractivity contribution >= 4 is 0 Å². The van der Waals surface area contributed by atoms with E-state index in [4.69, 9.17) is 0 Å². The van der Waals surface area contributed by atoms with E-state index in [1.807, 2.05) is 0 Å². The van der Waals surface area contributed by atoms with E-state index in [9.17, 15) is 20.4 Å². The zero-order valence-electron chi connectivity index (χ0n) is 22.5. The molecule has 4 saturated carbocycles. The lowest BCUT2D eigenvalue weighted by Gasteiger charge is -2.72. The highest BCUT2D eigenvalue weighted by atomic mass is 16.3. The Hall–Kier alpha value is -0.420. The lowest BCUT2D eigenvalue weighted by atomic mass is 9.33. The molecule has 4 nitrogen and oxygen atoms in total. The van der Waals surface area contributed by atoms with Gasteiger partial charge in [-0.3, -0.25) is 0 Å². The van der Waals surface area contributed by atoms with E-state index in [1.165, 1.54) is 5.57 Å². The van der Waals surface area contributed by atoms with Gasteiger partial charge in [0, 0.05) is 10.8 Å². The number of aliphatic hydroxyl groups is 4. The van der Waals surface area contributed by atoms with E-state index in [2.05, 4.69) is 47.6 Å². The van der Waals surface area contributed by atoms with E-state index >= 15 is 0 Å². The van der Waals surface area contributed by atoms with Crippen molar-refractivity contribution in [2.75, 3.05) is 13.2 Å². The highest BCUT2D eigenvalue weighted by molar-refractivity contribution is 5.35. The Labute approximate surface area is 207 Å². The lowest BCUT2D eigenvalue weighted by Crippen LogP contribution is -2.67. The van der Waals surface area contributed by atoms with Crippen LogP contribution in [0, 0.1) is 50.2 Å². The highest BCUT2D eigenvalue weighted by Crippen LogP contribution is 2.75. The maximum Gasteiger partial charge on any atom is 0.0632 e. The van der Waals surface area contributed by atoms with Gasteiger partial charge in [0.15, 0.2) is 0 Å². The molecule has 194 valence electrons. The van der Waals surface area contributed by atoms with Gasteiger partial charge in [0.25, 0.3) is 0 Å². The zero-order valence-corrected chi connectivity index (χ0v) is 22.5. The first-order chi connectivity index (χ1) is 15.7. The standard InChI is InChI=1S/C30H50O4/c1-25(2)13-14-30(18-32)20(15-25)19-7-8-22-26(3)11-10-23(33)27(4,17-31)21(26)9-12-28(22,5)29(19,6)16-24(30)34/h7,20-24,31-34H,8-18H2,1-6H3. The first-order valence-corrected chi connectivity index (χ1v) is 14.0. The minimum Gasteiger partial charge on any atom is -0.396 e. The molecule has 10 atom stereocenters. The molecule has 0 aromatic carbocycles. The van der Waals surface area contributed by atoms with Gasteiger partial charge in [0.2, 0.25) is 0 Å². The van der Waals surface area contributed by atoms with Gasteiger partial charge in [-0.1, -0.05) is 53.2 Å². The molecule has 0 aromatic heterocycles. The second-order valence-electron chi connectivity index (χ2n) is 15.0. The normalized spacial score (nSPS) is 56.4. The smallest absolute Gasteiger partial charge is 0.0632 e. The van der Waals surface area contributed by atoms with Crippen LogP contribution in [0.15, 0.2) is 11.6 Å². The third-order valence-electron chi connectivity index (χ3n) is 13.3. The number of rotatable bonds is 2. The van der Waals surface area contributed by atoms with E-state index in [1.54, 1.807) is 0 Å². The Morgan fingerprint density at radius 3 is 2.15 bits per heavy atom. The predicted molar refractivity (Wildman–Crippen MR) is 135 cm³/mol. The molecule has 0 amide bonds. The summed E-state index contributed by atoms with van der Waals surface area (Å²) in [5, 5.41) is 43.7. The summed E-state index contributed by atoms with van der Waals surface area (Å²) in [5.41, 5.74) is 0.960. The molecule has 0 aromatic rings. The first-order valence-electron chi connectivity index (χ1n) is 14.0. The van der Waals surface area contributed by atoms with Crippen molar-refractivity contribution in [2.24, 2.45) is 50.2 Å². The summed E-state index contributed by atoms with van der Waals surface area (Å²) in [5.74, 6) is 1.02. The van der Waals surface area contributed by atoms with Crippen LogP contribution in [0.2, 0.25) is 0 Å². The van der Waals surface area contributed by atoms with Gasteiger partial charge in [0.05, 0.1) is 25.4 Å². The molecule has 4 N–H and O–H groups in total. The second kappa shape index (κ2) is 7.55. The van der Waals surface area contributed by atoms with E-state index in [0.717, 1.165) is 57.8 Å². The maximum absolute atomic E-state index is 11.7. The third kappa shape index (κ3) is 2.92. The van der Waals surface area contributed by atoms with Crippen molar-refractivity contribution in [3.8, 4) is 0 Å². The van der Waals surface area contributed by atoms with Crippen molar-refractivity contribution in [3.05, 3.63) is 11.6 Å². The van der Waals surface area contributed by atoms with Gasteiger partial charge in [-0.15, -0.1) is 0 Å². The summed E-state index contributed by atoms with van der Waals surface area (Å²) >= 11 is 0. The van der Waals surface area contributed by atoms with Crippen molar-refractivity contribution in [3.63, 3.8) is 0 Å². The fourth-order valence-electron chi connectivity index (χ4n) is 10.7. The monoisotopic (exact) mass is 474 g/mol.